The molecule has 1 atom stereocenters. The van der Waals surface area contributed by atoms with E-state index in [4.69, 9.17) is 0 Å². The molecule has 2 aromatic heterocycles. The third kappa shape index (κ3) is 3.17. The van der Waals surface area contributed by atoms with E-state index in [1.807, 2.05) is 26.0 Å². The molecule has 1 aliphatic carbocycles. The molecule has 1 fully saturated rings. The predicted molar refractivity (Wildman–Crippen MR) is 98.3 cm³/mol. The van der Waals surface area contributed by atoms with E-state index in [0.717, 1.165) is 24.1 Å². The molecule has 1 N–H and O–H groups in total. The number of aromatic nitrogens is 2. The predicted octanol–water partition coefficient (Wildman–Crippen LogP) is 4.27. The van der Waals surface area contributed by atoms with Crippen molar-refractivity contribution in [3.63, 3.8) is 0 Å². The number of carbonyl (C=O) groups excluding carboxylic acids is 1. The zero-order valence-electron chi connectivity index (χ0n) is 14.8. The topological polar surface area (TPSA) is 54.9 Å². The van der Waals surface area contributed by atoms with E-state index in [1.165, 1.54) is 12.1 Å². The first-order valence-electron chi connectivity index (χ1n) is 8.82. The van der Waals surface area contributed by atoms with Crippen LogP contribution >= 0.6 is 0 Å². The van der Waals surface area contributed by atoms with Crippen molar-refractivity contribution in [1.29, 1.82) is 0 Å². The molecule has 0 aliphatic heterocycles. The van der Waals surface area contributed by atoms with Gasteiger partial charge < -0.3 is 5.32 Å². The van der Waals surface area contributed by atoms with Crippen molar-refractivity contribution in [1.82, 2.24) is 15.3 Å². The van der Waals surface area contributed by atoms with Crippen LogP contribution in [0, 0.1) is 25.6 Å². The van der Waals surface area contributed by atoms with Crippen LogP contribution in [0.15, 0.2) is 42.6 Å². The van der Waals surface area contributed by atoms with Gasteiger partial charge in [0.05, 0.1) is 22.8 Å². The van der Waals surface area contributed by atoms with Gasteiger partial charge in [-0.05, 0) is 62.4 Å². The van der Waals surface area contributed by atoms with Gasteiger partial charge in [-0.15, -0.1) is 0 Å². The summed E-state index contributed by atoms with van der Waals surface area (Å²) in [6.07, 6.45) is 3.93. The van der Waals surface area contributed by atoms with Gasteiger partial charge in [0, 0.05) is 23.3 Å². The van der Waals surface area contributed by atoms with E-state index in [9.17, 15) is 9.18 Å². The molecule has 5 heteroatoms. The number of benzene rings is 1. The first kappa shape index (κ1) is 16.6. The van der Waals surface area contributed by atoms with Gasteiger partial charge in [-0.25, -0.2) is 4.39 Å². The summed E-state index contributed by atoms with van der Waals surface area (Å²) in [5, 5.41) is 3.82. The summed E-state index contributed by atoms with van der Waals surface area (Å²) >= 11 is 0. The van der Waals surface area contributed by atoms with Gasteiger partial charge in [-0.1, -0.05) is 6.07 Å². The molecule has 1 aromatic carbocycles. The number of halogens is 1. The number of nitrogens with zero attached hydrogens (tertiary/aromatic N) is 2. The van der Waals surface area contributed by atoms with Gasteiger partial charge in [0.2, 0.25) is 0 Å². The Morgan fingerprint density at radius 2 is 2.04 bits per heavy atom. The lowest BCUT2D eigenvalue weighted by Gasteiger charge is -2.20. The third-order valence-corrected chi connectivity index (χ3v) is 4.87. The number of aryl methyl sites for hydroxylation is 2. The number of amides is 1. The van der Waals surface area contributed by atoms with Crippen LogP contribution in [0.4, 0.5) is 4.39 Å². The lowest BCUT2D eigenvalue weighted by Crippen LogP contribution is -2.31. The van der Waals surface area contributed by atoms with Crippen LogP contribution in [0.5, 0.6) is 0 Å². The van der Waals surface area contributed by atoms with Crippen molar-refractivity contribution in [2.45, 2.75) is 32.7 Å². The minimum absolute atomic E-state index is 0.104. The molecule has 132 valence electrons. The van der Waals surface area contributed by atoms with Gasteiger partial charge >= 0.3 is 0 Å². The van der Waals surface area contributed by atoms with E-state index in [-0.39, 0.29) is 17.8 Å². The molecule has 4 rings (SSSR count). The summed E-state index contributed by atoms with van der Waals surface area (Å²) in [6, 6.07) is 9.90. The highest BCUT2D eigenvalue weighted by atomic mass is 19.1. The lowest BCUT2D eigenvalue weighted by atomic mass is 10.0. The number of fused-ring (bicyclic) bond motifs is 1. The highest BCUT2D eigenvalue weighted by molar-refractivity contribution is 6.06. The number of pyridine rings is 2. The van der Waals surface area contributed by atoms with Crippen LogP contribution in [0.2, 0.25) is 0 Å². The smallest absolute Gasteiger partial charge is 0.252 e. The fourth-order valence-corrected chi connectivity index (χ4v) is 3.40. The van der Waals surface area contributed by atoms with Crippen LogP contribution < -0.4 is 5.32 Å². The Kier molecular flexibility index (Phi) is 4.15. The van der Waals surface area contributed by atoms with E-state index in [2.05, 4.69) is 15.3 Å². The van der Waals surface area contributed by atoms with Gasteiger partial charge in [0.1, 0.15) is 5.82 Å². The second-order valence-corrected chi connectivity index (χ2v) is 6.97. The van der Waals surface area contributed by atoms with E-state index in [1.54, 1.807) is 18.3 Å². The SMILES string of the molecule is Cc1cc(C(=O)N[C@H](c2ncccc2C)C2CC2)c2ccc(F)cc2n1. The van der Waals surface area contributed by atoms with Crippen molar-refractivity contribution >= 4 is 16.8 Å². The van der Waals surface area contributed by atoms with Crippen LogP contribution in [-0.2, 0) is 0 Å². The first-order chi connectivity index (χ1) is 12.5. The highest BCUT2D eigenvalue weighted by Crippen LogP contribution is 2.41. The Balaban J connectivity index is 1.71. The maximum atomic E-state index is 13.5. The molecule has 3 aromatic rings. The fraction of sp³-hybridized carbons (Fsp3) is 0.286. The lowest BCUT2D eigenvalue weighted by molar-refractivity contribution is 0.0932. The van der Waals surface area contributed by atoms with Crippen molar-refractivity contribution in [3.05, 3.63) is 70.9 Å². The molecule has 4 nitrogen and oxygen atoms in total. The van der Waals surface area contributed by atoms with E-state index in [0.29, 0.717) is 28.1 Å². The van der Waals surface area contributed by atoms with Crippen LogP contribution in [0.3, 0.4) is 0 Å². The largest absolute Gasteiger partial charge is 0.343 e. The maximum absolute atomic E-state index is 13.5. The Morgan fingerprint density at radius 3 is 2.77 bits per heavy atom. The van der Waals surface area contributed by atoms with Gasteiger partial charge in [-0.3, -0.25) is 14.8 Å². The van der Waals surface area contributed by atoms with E-state index >= 15 is 0 Å². The first-order valence-corrected chi connectivity index (χ1v) is 8.82. The molecule has 0 unspecified atom stereocenters. The summed E-state index contributed by atoms with van der Waals surface area (Å²) in [7, 11) is 0. The quantitative estimate of drug-likeness (QED) is 0.765. The number of nitrogens with one attached hydrogen (secondary N) is 1. The molecule has 0 spiro atoms. The minimum Gasteiger partial charge on any atom is -0.343 e. The zero-order valence-corrected chi connectivity index (χ0v) is 14.8. The second-order valence-electron chi connectivity index (χ2n) is 6.97. The number of hydrogen-bond donors (Lipinski definition) is 1. The molecule has 0 radical (unpaired) electrons. The van der Waals surface area contributed by atoms with Crippen LogP contribution in [-0.4, -0.2) is 15.9 Å². The summed E-state index contributed by atoms with van der Waals surface area (Å²) in [6.45, 7) is 3.82. The van der Waals surface area contributed by atoms with Crippen LogP contribution in [0.1, 0.15) is 46.2 Å². The average molecular weight is 349 g/mol. The van der Waals surface area contributed by atoms with E-state index < -0.39 is 0 Å². The summed E-state index contributed by atoms with van der Waals surface area (Å²) in [5.41, 5.74) is 3.69. The Labute approximate surface area is 151 Å². The Hall–Kier alpha value is -2.82. The number of hydrogen-bond acceptors (Lipinski definition) is 3. The molecule has 0 saturated heterocycles. The third-order valence-electron chi connectivity index (χ3n) is 4.87. The normalized spacial score (nSPS) is 15.0. The molecule has 2 heterocycles. The van der Waals surface area contributed by atoms with Crippen LogP contribution in [0.25, 0.3) is 10.9 Å². The molecule has 26 heavy (non-hydrogen) atoms. The average Bonchev–Trinajstić information content (AvgIpc) is 3.44. The highest BCUT2D eigenvalue weighted by Gasteiger charge is 2.35. The number of carbonyl (C=O) groups is 1. The van der Waals surface area contributed by atoms with Crippen molar-refractivity contribution < 1.29 is 9.18 Å². The van der Waals surface area contributed by atoms with Crippen molar-refractivity contribution in [2.24, 2.45) is 5.92 Å². The molecular weight excluding hydrogens is 329 g/mol. The maximum Gasteiger partial charge on any atom is 0.252 e. The Bertz CT molecular complexity index is 992. The molecule has 1 aliphatic rings. The standard InChI is InChI=1S/C21H20FN3O/c1-12-4-3-9-23-19(12)20(14-5-6-14)25-21(26)17-10-13(2)24-18-11-15(22)7-8-16(17)18/h3-4,7-11,14,20H,5-6H2,1-2H3,(H,25,26)/t20-/m0/s1. The van der Waals surface area contributed by atoms with Gasteiger partial charge in [0.25, 0.3) is 5.91 Å². The van der Waals surface area contributed by atoms with Gasteiger partial charge in [-0.2, -0.15) is 0 Å². The fourth-order valence-electron chi connectivity index (χ4n) is 3.40. The second kappa shape index (κ2) is 6.48. The monoisotopic (exact) mass is 349 g/mol. The number of rotatable bonds is 4. The molecule has 1 amide bonds. The minimum atomic E-state index is -0.359. The summed E-state index contributed by atoms with van der Waals surface area (Å²) in [5.74, 6) is -0.116. The molecular formula is C21H20FN3O. The summed E-state index contributed by atoms with van der Waals surface area (Å²) < 4.78 is 13.5. The molecule has 1 saturated carbocycles. The van der Waals surface area contributed by atoms with Gasteiger partial charge in [0.15, 0.2) is 0 Å². The summed E-state index contributed by atoms with van der Waals surface area (Å²) in [4.78, 5) is 21.9. The van der Waals surface area contributed by atoms with Crippen molar-refractivity contribution in [3.8, 4) is 0 Å². The Morgan fingerprint density at radius 1 is 1.23 bits per heavy atom. The zero-order chi connectivity index (χ0) is 18.3. The van der Waals surface area contributed by atoms with Crippen molar-refractivity contribution in [2.75, 3.05) is 0 Å². The molecule has 0 bridgehead atoms.